The molecule has 5 nitrogen and oxygen atoms in total. The van der Waals surface area contributed by atoms with Gasteiger partial charge in [-0.3, -0.25) is 9.59 Å². The van der Waals surface area contributed by atoms with Gasteiger partial charge in [0.1, 0.15) is 11.5 Å². The molecular weight excluding hydrogens is 538 g/mol. The molecule has 0 amide bonds. The maximum absolute atomic E-state index is 11.6. The first kappa shape index (κ1) is 34.1. The third-order valence-corrected chi connectivity index (χ3v) is 5.69. The number of carbonyl (C=O) groups excluding carboxylic acids is 2. The molecule has 3 unspecified atom stereocenters. The van der Waals surface area contributed by atoms with E-state index in [9.17, 15) is 9.59 Å². The summed E-state index contributed by atoms with van der Waals surface area (Å²) in [6, 6.07) is 8.27. The monoisotopic (exact) mass is 577 g/mol. The predicted octanol–water partition coefficient (Wildman–Crippen LogP) is 3.86. The van der Waals surface area contributed by atoms with Gasteiger partial charge in [-0.25, -0.2) is 0 Å². The molecule has 0 bridgehead atoms. The minimum absolute atomic E-state index is 0. The van der Waals surface area contributed by atoms with Crippen LogP contribution in [0.25, 0.3) is 0 Å². The van der Waals surface area contributed by atoms with Gasteiger partial charge in [0.05, 0.1) is 27.9 Å². The molecule has 0 spiro atoms. The van der Waals surface area contributed by atoms with Crippen LogP contribution in [0.5, 0.6) is 11.5 Å². The molecule has 190 valence electrons. The van der Waals surface area contributed by atoms with Crippen LogP contribution in [0.2, 0.25) is 0 Å². The van der Waals surface area contributed by atoms with Crippen LogP contribution >= 0.6 is 25.4 Å². The summed E-state index contributed by atoms with van der Waals surface area (Å²) in [5, 5.41) is 0. The van der Waals surface area contributed by atoms with Gasteiger partial charge in [0.15, 0.2) is 0 Å². The molecule has 0 saturated carbocycles. The van der Waals surface area contributed by atoms with Crippen LogP contribution in [-0.2, 0) is 27.2 Å². The van der Waals surface area contributed by atoms with E-state index in [1.165, 1.54) is 11.1 Å². The number of carbonyl (C=O) groups is 2. The third-order valence-electron chi connectivity index (χ3n) is 5.46. The summed E-state index contributed by atoms with van der Waals surface area (Å²) in [6.45, 7) is 14.1. The van der Waals surface area contributed by atoms with Crippen molar-refractivity contribution in [3.63, 3.8) is 0 Å². The molecule has 2 aromatic rings. The van der Waals surface area contributed by atoms with Gasteiger partial charge >= 0.3 is 42.9 Å². The van der Waals surface area contributed by atoms with E-state index in [0.717, 1.165) is 40.2 Å². The molecule has 8 heteroatoms. The number of esters is 2. The molecule has 0 saturated heterocycles. The van der Waals surface area contributed by atoms with Crippen molar-refractivity contribution in [1.82, 2.24) is 0 Å². The predicted molar refractivity (Wildman–Crippen MR) is 147 cm³/mol. The average molecular weight is 578 g/mol. The normalized spacial score (nSPS) is 14.5. The standard InChI is InChI=1S/C14H21O3P.C12H14O2.CH3Br.Na.H/c1-5-16-14(15)11(4)8-12-7-9(2)6-10(3)13(12)17-18;1-7-4-8(2)11-10(5-7)6-9(3)12(13)14-11;1-2;;/h6-7,11H,5,8,18H2,1-4H3;4-5,9H,6H2,1-3H3;1H3;;/q;;;+1;-1/p+1. The Hall–Kier alpha value is -0.910. The van der Waals surface area contributed by atoms with E-state index < -0.39 is 0 Å². The summed E-state index contributed by atoms with van der Waals surface area (Å²) in [5.41, 5.74) is 6.74. The molecule has 0 radical (unpaired) electrons. The number of rotatable bonds is 5. The Morgan fingerprint density at radius 2 is 1.74 bits per heavy atom. The summed E-state index contributed by atoms with van der Waals surface area (Å²) in [7, 11) is 2.27. The van der Waals surface area contributed by atoms with E-state index in [2.05, 4.69) is 50.5 Å². The number of hydrogen-bond donors (Lipinski definition) is 0. The minimum atomic E-state index is -0.162. The smallest absolute Gasteiger partial charge is 1.00 e. The van der Waals surface area contributed by atoms with E-state index in [-0.39, 0.29) is 56.2 Å². The zero-order chi connectivity index (χ0) is 26.0. The average Bonchev–Trinajstić information content (AvgIpc) is 2.77. The van der Waals surface area contributed by atoms with Crippen molar-refractivity contribution in [3.05, 3.63) is 57.6 Å². The Balaban J connectivity index is -0.000000554. The van der Waals surface area contributed by atoms with Crippen molar-refractivity contribution in [2.75, 3.05) is 12.4 Å². The molecule has 3 rings (SSSR count). The second-order valence-electron chi connectivity index (χ2n) is 8.64. The van der Waals surface area contributed by atoms with Gasteiger partial charge in [0, 0.05) is 0 Å². The van der Waals surface area contributed by atoms with Crippen molar-refractivity contribution >= 4 is 37.3 Å². The zero-order valence-electron chi connectivity index (χ0n) is 24.6. The molecule has 0 N–H and O–H groups in total. The van der Waals surface area contributed by atoms with Gasteiger partial charge in [-0.1, -0.05) is 65.2 Å². The fraction of sp³-hybridized carbons (Fsp3) is 0.481. The van der Waals surface area contributed by atoms with Gasteiger partial charge in [-0.05, 0) is 75.5 Å². The van der Waals surface area contributed by atoms with E-state index >= 15 is 0 Å². The summed E-state index contributed by atoms with van der Waals surface area (Å²) in [6.07, 6.45) is 1.43. The Morgan fingerprint density at radius 3 is 2.31 bits per heavy atom. The number of alkyl halides is 1. The number of ether oxygens (including phenoxy) is 2. The van der Waals surface area contributed by atoms with Crippen LogP contribution < -0.4 is 38.8 Å². The van der Waals surface area contributed by atoms with Crippen molar-refractivity contribution in [3.8, 4) is 11.5 Å². The summed E-state index contributed by atoms with van der Waals surface area (Å²) in [5.74, 6) is 2.98. The molecule has 0 aliphatic carbocycles. The van der Waals surface area contributed by atoms with Gasteiger partial charge in [0.2, 0.25) is 0 Å². The van der Waals surface area contributed by atoms with Gasteiger partial charge < -0.3 is 15.4 Å². The van der Waals surface area contributed by atoms with Crippen LogP contribution in [0, 0.1) is 39.5 Å². The van der Waals surface area contributed by atoms with Gasteiger partial charge in [-0.15, -0.1) is 0 Å². The molecule has 0 aromatic heterocycles. The second kappa shape index (κ2) is 16.8. The molecule has 2 aromatic carbocycles. The Labute approximate surface area is 246 Å². The van der Waals surface area contributed by atoms with Crippen molar-refractivity contribution in [2.24, 2.45) is 11.8 Å². The molecule has 35 heavy (non-hydrogen) atoms. The van der Waals surface area contributed by atoms with Gasteiger partial charge in [0.25, 0.3) is 0 Å². The minimum Gasteiger partial charge on any atom is -1.00 e. The summed E-state index contributed by atoms with van der Waals surface area (Å²) >= 11 is 2.94. The number of halogens is 1. The molecule has 1 aliphatic rings. The third kappa shape index (κ3) is 10.2. The SMILES string of the molecule is CBr.CCOC(=O)C(C)Cc1cc(C)cc(C)c1OP.Cc1cc(C)c2c(c1)CC(C)C(=O)O2.[H+].[H-].[Na+]. The number of hydrogen-bond acceptors (Lipinski definition) is 5. The first-order valence-corrected chi connectivity index (χ1v) is 13.5. The van der Waals surface area contributed by atoms with Crippen LogP contribution in [0.4, 0.5) is 0 Å². The quantitative estimate of drug-likeness (QED) is 0.177. The topological polar surface area (TPSA) is 61.8 Å². The van der Waals surface area contributed by atoms with Crippen molar-refractivity contribution < 1.29 is 56.0 Å². The van der Waals surface area contributed by atoms with Crippen molar-refractivity contribution in [2.45, 2.75) is 61.3 Å². The Bertz CT molecular complexity index is 1010. The van der Waals surface area contributed by atoms with E-state index in [0.29, 0.717) is 13.0 Å². The maximum atomic E-state index is 11.6. The molecular formula is C27H40BrNaO5P+. The fourth-order valence-electron chi connectivity index (χ4n) is 4.01. The van der Waals surface area contributed by atoms with Crippen LogP contribution in [-0.4, -0.2) is 24.4 Å². The summed E-state index contributed by atoms with van der Waals surface area (Å²) in [4.78, 5) is 23.0. The van der Waals surface area contributed by atoms with E-state index in [1.807, 2.05) is 53.4 Å². The van der Waals surface area contributed by atoms with Crippen LogP contribution in [0.1, 0.15) is 57.0 Å². The molecule has 3 atom stereocenters. The van der Waals surface area contributed by atoms with E-state index in [4.69, 9.17) is 14.0 Å². The van der Waals surface area contributed by atoms with Gasteiger partial charge in [-0.2, -0.15) is 0 Å². The Kier molecular flexibility index (Phi) is 16.3. The van der Waals surface area contributed by atoms with Crippen molar-refractivity contribution in [1.29, 1.82) is 0 Å². The zero-order valence-corrected chi connectivity index (χ0v) is 27.3. The Morgan fingerprint density at radius 1 is 1.17 bits per heavy atom. The first-order chi connectivity index (χ1) is 16.1. The molecule has 0 fully saturated rings. The second-order valence-corrected chi connectivity index (χ2v) is 8.88. The number of aryl methyl sites for hydroxylation is 4. The van der Waals surface area contributed by atoms with E-state index in [1.54, 1.807) is 0 Å². The molecule has 1 aliphatic heterocycles. The largest absolute Gasteiger partial charge is 1.00 e. The fourth-order valence-corrected chi connectivity index (χ4v) is 4.35. The first-order valence-electron chi connectivity index (χ1n) is 11.4. The maximum Gasteiger partial charge on any atom is 1.00 e. The summed E-state index contributed by atoms with van der Waals surface area (Å²) < 4.78 is 15.7. The number of fused-ring (bicyclic) bond motifs is 1. The van der Waals surface area contributed by atoms with Crippen LogP contribution in [0.15, 0.2) is 24.3 Å². The van der Waals surface area contributed by atoms with Crippen LogP contribution in [0.3, 0.4) is 0 Å². The molecule has 1 heterocycles. The number of benzene rings is 2.